The predicted molar refractivity (Wildman–Crippen MR) is 117 cm³/mol. The van der Waals surface area contributed by atoms with Crippen LogP contribution in [0.2, 0.25) is 0 Å². The van der Waals surface area contributed by atoms with Gasteiger partial charge in [0, 0.05) is 11.1 Å². The van der Waals surface area contributed by atoms with Crippen LogP contribution in [0.1, 0.15) is 41.5 Å². The standard InChI is InChI=1S/C27H24O/c1-20(22-8-4-2-5-9-22)12-13-21-14-16-24(17-15-21)26-19-18-25(27(26)28)23-10-6-3-7-11-23/h2-11,14-20H,12-13H2,1H3. The van der Waals surface area contributed by atoms with Crippen molar-refractivity contribution in [1.82, 2.24) is 0 Å². The van der Waals surface area contributed by atoms with E-state index in [9.17, 15) is 4.79 Å². The van der Waals surface area contributed by atoms with Gasteiger partial charge < -0.3 is 0 Å². The summed E-state index contributed by atoms with van der Waals surface area (Å²) < 4.78 is 0. The van der Waals surface area contributed by atoms with Gasteiger partial charge in [-0.1, -0.05) is 91.9 Å². The zero-order valence-corrected chi connectivity index (χ0v) is 16.1. The van der Waals surface area contributed by atoms with E-state index in [1.165, 1.54) is 11.1 Å². The summed E-state index contributed by atoms with van der Waals surface area (Å²) in [5.74, 6) is 0.647. The summed E-state index contributed by atoms with van der Waals surface area (Å²) in [6.45, 7) is 2.28. The molecule has 138 valence electrons. The van der Waals surface area contributed by atoms with Crippen LogP contribution in [0.4, 0.5) is 0 Å². The number of benzene rings is 3. The molecular weight excluding hydrogens is 340 g/mol. The van der Waals surface area contributed by atoms with Crippen LogP contribution in [0, 0.1) is 0 Å². The highest BCUT2D eigenvalue weighted by molar-refractivity contribution is 6.45. The lowest BCUT2D eigenvalue weighted by Crippen LogP contribution is -2.01. The molecule has 0 amide bonds. The van der Waals surface area contributed by atoms with Crippen molar-refractivity contribution < 1.29 is 4.79 Å². The number of carbonyl (C=O) groups is 1. The van der Waals surface area contributed by atoms with Crippen molar-refractivity contribution in [3.8, 4) is 0 Å². The molecule has 0 aliphatic heterocycles. The van der Waals surface area contributed by atoms with Gasteiger partial charge >= 0.3 is 0 Å². The molecule has 1 heteroatoms. The molecule has 0 saturated heterocycles. The summed E-state index contributed by atoms with van der Waals surface area (Å²) >= 11 is 0. The molecule has 3 aromatic rings. The first-order chi connectivity index (χ1) is 13.7. The minimum Gasteiger partial charge on any atom is -0.289 e. The van der Waals surface area contributed by atoms with Gasteiger partial charge in [-0.15, -0.1) is 0 Å². The van der Waals surface area contributed by atoms with Gasteiger partial charge in [-0.05, 0) is 53.2 Å². The largest absolute Gasteiger partial charge is 0.289 e. The van der Waals surface area contributed by atoms with Gasteiger partial charge in [0.15, 0.2) is 5.78 Å². The summed E-state index contributed by atoms with van der Waals surface area (Å²) in [5, 5.41) is 0. The second-order valence-corrected chi connectivity index (χ2v) is 7.40. The van der Waals surface area contributed by atoms with Crippen LogP contribution in [0.5, 0.6) is 0 Å². The van der Waals surface area contributed by atoms with E-state index >= 15 is 0 Å². The minimum absolute atomic E-state index is 0.108. The smallest absolute Gasteiger partial charge is 0.194 e. The molecule has 3 aromatic carbocycles. The van der Waals surface area contributed by atoms with E-state index in [-0.39, 0.29) is 5.78 Å². The van der Waals surface area contributed by atoms with Crippen molar-refractivity contribution in [3.63, 3.8) is 0 Å². The lowest BCUT2D eigenvalue weighted by atomic mass is 9.93. The van der Waals surface area contributed by atoms with Crippen LogP contribution in [-0.4, -0.2) is 5.78 Å². The molecule has 0 spiro atoms. The highest BCUT2D eigenvalue weighted by Crippen LogP contribution is 2.31. The number of allylic oxidation sites excluding steroid dienone is 4. The van der Waals surface area contributed by atoms with E-state index in [4.69, 9.17) is 0 Å². The van der Waals surface area contributed by atoms with Gasteiger partial charge in [0.2, 0.25) is 0 Å². The molecule has 0 aromatic heterocycles. The molecule has 1 aliphatic carbocycles. The average molecular weight is 364 g/mol. The molecule has 1 unspecified atom stereocenters. The highest BCUT2D eigenvalue weighted by Gasteiger charge is 2.22. The Bertz CT molecular complexity index is 1010. The third-order valence-electron chi connectivity index (χ3n) is 5.49. The summed E-state index contributed by atoms with van der Waals surface area (Å²) in [7, 11) is 0. The van der Waals surface area contributed by atoms with E-state index in [2.05, 4.69) is 61.5 Å². The van der Waals surface area contributed by atoms with Gasteiger partial charge in [-0.2, -0.15) is 0 Å². The van der Waals surface area contributed by atoms with E-state index < -0.39 is 0 Å². The van der Waals surface area contributed by atoms with Gasteiger partial charge in [0.05, 0.1) is 0 Å². The SMILES string of the molecule is CC(CCc1ccc(C2=CC=C(c3ccccc3)C2=O)cc1)c1ccccc1. The molecule has 1 atom stereocenters. The molecule has 28 heavy (non-hydrogen) atoms. The lowest BCUT2D eigenvalue weighted by Gasteiger charge is -2.12. The molecule has 0 radical (unpaired) electrons. The first kappa shape index (κ1) is 18.2. The molecule has 0 saturated carbocycles. The van der Waals surface area contributed by atoms with Gasteiger partial charge in [0.25, 0.3) is 0 Å². The fourth-order valence-electron chi connectivity index (χ4n) is 3.72. The molecule has 4 rings (SSSR count). The normalized spacial score (nSPS) is 14.5. The number of aryl methyl sites for hydroxylation is 1. The minimum atomic E-state index is 0.108. The Morgan fingerprint density at radius 1 is 0.679 bits per heavy atom. The zero-order chi connectivity index (χ0) is 19.3. The third kappa shape index (κ3) is 3.89. The maximum atomic E-state index is 12.8. The quantitative estimate of drug-likeness (QED) is 0.490. The Kier molecular flexibility index (Phi) is 5.34. The molecular formula is C27H24O. The number of hydrogen-bond acceptors (Lipinski definition) is 1. The Labute approximate surface area is 167 Å². The average Bonchev–Trinajstić information content (AvgIpc) is 3.15. The van der Waals surface area contributed by atoms with Crippen molar-refractivity contribution >= 4 is 16.9 Å². The Morgan fingerprint density at radius 2 is 1.21 bits per heavy atom. The van der Waals surface area contributed by atoms with Crippen molar-refractivity contribution in [2.24, 2.45) is 0 Å². The second-order valence-electron chi connectivity index (χ2n) is 7.40. The summed E-state index contributed by atoms with van der Waals surface area (Å²) in [4.78, 5) is 12.8. The Balaban J connectivity index is 1.40. The first-order valence-corrected chi connectivity index (χ1v) is 9.89. The number of Topliss-reactive ketones (excluding diaryl/α,β-unsaturated/α-hetero) is 1. The van der Waals surface area contributed by atoms with E-state index in [0.717, 1.165) is 35.1 Å². The lowest BCUT2D eigenvalue weighted by molar-refractivity contribution is -0.108. The summed E-state index contributed by atoms with van der Waals surface area (Å²) in [6, 6.07) is 29.0. The van der Waals surface area contributed by atoms with E-state index in [1.807, 2.05) is 42.5 Å². The van der Waals surface area contributed by atoms with Crippen LogP contribution in [-0.2, 0) is 11.2 Å². The van der Waals surface area contributed by atoms with E-state index in [1.54, 1.807) is 0 Å². The molecule has 0 fully saturated rings. The second kappa shape index (κ2) is 8.22. The van der Waals surface area contributed by atoms with Crippen molar-refractivity contribution in [3.05, 3.63) is 119 Å². The molecule has 0 heterocycles. The fourth-order valence-corrected chi connectivity index (χ4v) is 3.72. The summed E-state index contributed by atoms with van der Waals surface area (Å²) in [6.07, 6.45) is 6.03. The van der Waals surface area contributed by atoms with Crippen molar-refractivity contribution in [2.45, 2.75) is 25.7 Å². The summed E-state index contributed by atoms with van der Waals surface area (Å²) in [5.41, 5.74) is 6.23. The van der Waals surface area contributed by atoms with Gasteiger partial charge in [-0.3, -0.25) is 4.79 Å². The molecule has 1 aliphatic rings. The number of hydrogen-bond donors (Lipinski definition) is 0. The van der Waals surface area contributed by atoms with Gasteiger partial charge in [0.1, 0.15) is 0 Å². The third-order valence-corrected chi connectivity index (χ3v) is 5.49. The monoisotopic (exact) mass is 364 g/mol. The van der Waals surface area contributed by atoms with E-state index in [0.29, 0.717) is 5.92 Å². The maximum absolute atomic E-state index is 12.8. The first-order valence-electron chi connectivity index (χ1n) is 9.89. The number of rotatable bonds is 6. The Morgan fingerprint density at radius 3 is 1.82 bits per heavy atom. The topological polar surface area (TPSA) is 17.1 Å². The number of ketones is 1. The predicted octanol–water partition coefficient (Wildman–Crippen LogP) is 6.47. The molecule has 0 N–H and O–H groups in total. The van der Waals surface area contributed by atoms with Crippen LogP contribution in [0.3, 0.4) is 0 Å². The molecule has 0 bridgehead atoms. The zero-order valence-electron chi connectivity index (χ0n) is 16.1. The highest BCUT2D eigenvalue weighted by atomic mass is 16.1. The van der Waals surface area contributed by atoms with Crippen LogP contribution >= 0.6 is 0 Å². The maximum Gasteiger partial charge on any atom is 0.194 e. The van der Waals surface area contributed by atoms with Crippen molar-refractivity contribution in [2.75, 3.05) is 0 Å². The molecule has 1 nitrogen and oxygen atoms in total. The fraction of sp³-hybridized carbons (Fsp3) is 0.148. The van der Waals surface area contributed by atoms with Crippen molar-refractivity contribution in [1.29, 1.82) is 0 Å². The van der Waals surface area contributed by atoms with Crippen LogP contribution in [0.15, 0.2) is 97.1 Å². The number of carbonyl (C=O) groups excluding carboxylic acids is 1. The van der Waals surface area contributed by atoms with Gasteiger partial charge in [-0.25, -0.2) is 0 Å². The van der Waals surface area contributed by atoms with Crippen LogP contribution in [0.25, 0.3) is 11.1 Å². The Hall–Kier alpha value is -3.19. The van der Waals surface area contributed by atoms with Crippen LogP contribution < -0.4 is 0 Å².